The van der Waals surface area contributed by atoms with Gasteiger partial charge >= 0.3 is 0 Å². The Morgan fingerprint density at radius 3 is 0.921 bits per heavy atom. The van der Waals surface area contributed by atoms with Gasteiger partial charge in [-0.05, 0) is 195 Å². The number of thiophene rings is 1. The van der Waals surface area contributed by atoms with Crippen molar-refractivity contribution in [1.29, 1.82) is 0 Å². The van der Waals surface area contributed by atoms with Gasteiger partial charge in [0.25, 0.3) is 0 Å². The summed E-state index contributed by atoms with van der Waals surface area (Å²) < 4.78 is 18.7. The molecule has 0 amide bonds. The number of benzene rings is 18. The number of fused-ring (bicyclic) bond motifs is 18. The van der Waals surface area contributed by atoms with Crippen molar-refractivity contribution in [2.45, 2.75) is 0 Å². The Morgan fingerprint density at radius 1 is 0.175 bits per heavy atom. The fourth-order valence-electron chi connectivity index (χ4n) is 18.1. The van der Waals surface area contributed by atoms with Gasteiger partial charge in [-0.15, -0.1) is 11.3 Å². The molecule has 532 valence electrons. The van der Waals surface area contributed by atoms with Gasteiger partial charge in [0.05, 0.1) is 44.1 Å². The molecule has 0 saturated carbocycles. The van der Waals surface area contributed by atoms with E-state index in [0.717, 1.165) is 44.4 Å². The van der Waals surface area contributed by atoms with Crippen molar-refractivity contribution in [3.8, 4) is 89.5 Å². The molecule has 0 radical (unpaired) electrons. The lowest BCUT2D eigenvalue weighted by molar-refractivity contribution is 0.670. The highest BCUT2D eigenvalue weighted by molar-refractivity contribution is 7.26. The molecule has 0 spiro atoms. The number of aromatic nitrogens is 4. The van der Waals surface area contributed by atoms with E-state index >= 15 is 0 Å². The summed E-state index contributed by atoms with van der Waals surface area (Å²) in [6.45, 7) is 0. The van der Waals surface area contributed by atoms with Crippen molar-refractivity contribution in [2.24, 2.45) is 0 Å². The van der Waals surface area contributed by atoms with E-state index in [9.17, 15) is 0 Å². The SMILES string of the molecule is c1ccc(-n2c3ccccc3c3cc(-c4ccc(-c5ccc6c(c5)c5ccc(-c7cccc8c7oc7ccccc78)cc5n6-c5ccccc5)cc4)ccc32)cc1.c1ccc(-n2c3ccccc3c3cc(-c4ccc(-c5ccc6c(c5)c5ccc(-c7cccc8c7sc7ccccc78)cc5n6-c5ccccc5)cc4)ccc32)cc1. The molecular weight excluding hydrogens is 1400 g/mol. The van der Waals surface area contributed by atoms with Crippen LogP contribution in [0, 0.1) is 0 Å². The van der Waals surface area contributed by atoms with Crippen LogP contribution >= 0.6 is 11.3 Å². The average Bonchev–Trinajstić information content (AvgIpc) is 1.58. The third-order valence-electron chi connectivity index (χ3n) is 23.5. The fourth-order valence-corrected chi connectivity index (χ4v) is 19.4. The van der Waals surface area contributed by atoms with Crippen molar-refractivity contribution in [3.05, 3.63) is 413 Å². The molecule has 0 saturated heterocycles. The van der Waals surface area contributed by atoms with Gasteiger partial charge in [-0.2, -0.15) is 0 Å². The number of nitrogens with zero attached hydrogens (tertiary/aromatic N) is 4. The maximum atomic E-state index is 6.47. The predicted octanol–water partition coefficient (Wildman–Crippen LogP) is 30.0. The van der Waals surface area contributed by atoms with Gasteiger partial charge in [0.1, 0.15) is 11.2 Å². The number of para-hydroxylation sites is 8. The number of hydrogen-bond acceptors (Lipinski definition) is 2. The van der Waals surface area contributed by atoms with E-state index in [1.54, 1.807) is 0 Å². The monoisotopic (exact) mass is 1470 g/mol. The average molecular weight is 1470 g/mol. The fraction of sp³-hybridized carbons (Fsp3) is 0. The van der Waals surface area contributed by atoms with E-state index in [4.69, 9.17) is 4.42 Å². The minimum atomic E-state index is 0.910. The molecule has 24 rings (SSSR count). The van der Waals surface area contributed by atoms with Crippen LogP contribution in [0.5, 0.6) is 0 Å². The molecule has 0 aliphatic rings. The van der Waals surface area contributed by atoms with Gasteiger partial charge in [0.15, 0.2) is 0 Å². The summed E-state index contributed by atoms with van der Waals surface area (Å²) in [6, 6.07) is 150. The number of rotatable bonds is 10. The Bertz CT molecular complexity index is 7460. The lowest BCUT2D eigenvalue weighted by Crippen LogP contribution is -1.93. The van der Waals surface area contributed by atoms with E-state index < -0.39 is 0 Å². The first kappa shape index (κ1) is 65.1. The van der Waals surface area contributed by atoms with E-state index in [1.807, 2.05) is 23.5 Å². The summed E-state index contributed by atoms with van der Waals surface area (Å²) in [7, 11) is 0. The third kappa shape index (κ3) is 10.6. The standard InChI is InChI=1S/C54H34N2O.C54H34N2S/c2*1-3-12-40(13-4-1)55-49-20-9-7-16-43(49)47-32-37(27-30-50(47)55)35-22-24-36(25-23-35)38-28-31-51-48(33-38)44-29-26-39(34-52(44)56(51)41-14-5-2-6-15-41)42-18-11-19-46-45-17-8-10-21-53(45)57-54(42)46/h2*1-34H. The summed E-state index contributed by atoms with van der Waals surface area (Å²) in [5, 5.41) is 14.9. The second-order valence-corrected chi connectivity index (χ2v) is 30.9. The Kier molecular flexibility index (Phi) is 15.1. The summed E-state index contributed by atoms with van der Waals surface area (Å²) in [5.74, 6) is 0. The minimum Gasteiger partial charge on any atom is -0.455 e. The van der Waals surface area contributed by atoms with Crippen molar-refractivity contribution in [2.75, 3.05) is 0 Å². The lowest BCUT2D eigenvalue weighted by atomic mass is 9.97. The molecule has 24 aromatic rings. The summed E-state index contributed by atoms with van der Waals surface area (Å²) in [6.07, 6.45) is 0. The Balaban J connectivity index is 0.000000135. The molecule has 6 heterocycles. The van der Waals surface area contributed by atoms with Crippen LogP contribution in [0.4, 0.5) is 0 Å². The Hall–Kier alpha value is -14.8. The smallest absolute Gasteiger partial charge is 0.143 e. The van der Waals surface area contributed by atoms with E-state index in [2.05, 4.69) is 419 Å². The molecule has 0 atom stereocenters. The van der Waals surface area contributed by atoms with Crippen molar-refractivity contribution in [1.82, 2.24) is 18.3 Å². The molecule has 6 heteroatoms. The maximum absolute atomic E-state index is 6.47. The molecule has 0 N–H and O–H groups in total. The van der Waals surface area contributed by atoms with Gasteiger partial charge in [-0.3, -0.25) is 0 Å². The zero-order valence-corrected chi connectivity index (χ0v) is 62.7. The van der Waals surface area contributed by atoms with E-state index in [1.165, 1.54) is 174 Å². The molecule has 0 unspecified atom stereocenters. The Labute approximate surface area is 660 Å². The van der Waals surface area contributed by atoms with E-state index in [0.29, 0.717) is 0 Å². The van der Waals surface area contributed by atoms with Gasteiger partial charge in [-0.1, -0.05) is 279 Å². The summed E-state index contributed by atoms with van der Waals surface area (Å²) in [4.78, 5) is 0. The second-order valence-electron chi connectivity index (χ2n) is 29.8. The van der Waals surface area contributed by atoms with Crippen LogP contribution in [-0.2, 0) is 0 Å². The van der Waals surface area contributed by atoms with Gasteiger partial charge < -0.3 is 22.7 Å². The van der Waals surface area contributed by atoms with Crippen molar-refractivity contribution >= 4 is 141 Å². The van der Waals surface area contributed by atoms with Crippen LogP contribution in [0.25, 0.3) is 219 Å². The molecule has 0 bridgehead atoms. The Morgan fingerprint density at radius 2 is 0.482 bits per heavy atom. The van der Waals surface area contributed by atoms with Crippen LogP contribution in [0.1, 0.15) is 0 Å². The van der Waals surface area contributed by atoms with Crippen molar-refractivity contribution in [3.63, 3.8) is 0 Å². The third-order valence-corrected chi connectivity index (χ3v) is 24.7. The molecule has 6 aromatic heterocycles. The molecule has 114 heavy (non-hydrogen) atoms. The topological polar surface area (TPSA) is 32.9 Å². The predicted molar refractivity (Wildman–Crippen MR) is 483 cm³/mol. The van der Waals surface area contributed by atoms with Gasteiger partial charge in [0, 0.05) is 102 Å². The van der Waals surface area contributed by atoms with Crippen LogP contribution < -0.4 is 0 Å². The molecular formula is C108H68N4OS. The minimum absolute atomic E-state index is 0.910. The molecule has 0 aliphatic heterocycles. The molecule has 5 nitrogen and oxygen atoms in total. The maximum Gasteiger partial charge on any atom is 0.143 e. The second kappa shape index (κ2) is 26.5. The van der Waals surface area contributed by atoms with Crippen LogP contribution in [0.15, 0.2) is 417 Å². The quantitative estimate of drug-likeness (QED) is 0.134. The number of hydrogen-bond donors (Lipinski definition) is 0. The number of furan rings is 1. The lowest BCUT2D eigenvalue weighted by Gasteiger charge is -2.10. The van der Waals surface area contributed by atoms with Crippen LogP contribution in [-0.4, -0.2) is 18.3 Å². The molecule has 0 aliphatic carbocycles. The zero-order chi connectivity index (χ0) is 74.9. The summed E-state index contributed by atoms with van der Waals surface area (Å²) >= 11 is 1.89. The van der Waals surface area contributed by atoms with Crippen LogP contribution in [0.2, 0.25) is 0 Å². The molecule has 18 aromatic carbocycles. The van der Waals surface area contributed by atoms with Crippen LogP contribution in [0.3, 0.4) is 0 Å². The first-order valence-electron chi connectivity index (χ1n) is 39.0. The highest BCUT2D eigenvalue weighted by atomic mass is 32.1. The van der Waals surface area contributed by atoms with Gasteiger partial charge in [0.2, 0.25) is 0 Å². The highest BCUT2D eigenvalue weighted by Crippen LogP contribution is 2.46. The van der Waals surface area contributed by atoms with E-state index in [-0.39, 0.29) is 0 Å². The normalized spacial score (nSPS) is 11.9. The highest BCUT2D eigenvalue weighted by Gasteiger charge is 2.22. The first-order chi connectivity index (χ1) is 56.5. The van der Waals surface area contributed by atoms with Crippen molar-refractivity contribution < 1.29 is 4.42 Å². The van der Waals surface area contributed by atoms with Gasteiger partial charge in [-0.25, -0.2) is 0 Å². The zero-order valence-electron chi connectivity index (χ0n) is 61.9. The largest absolute Gasteiger partial charge is 0.455 e. The first-order valence-corrected chi connectivity index (χ1v) is 39.8. The molecule has 0 fully saturated rings. The summed E-state index contributed by atoms with van der Waals surface area (Å²) in [5.41, 5.74) is 30.5.